The van der Waals surface area contributed by atoms with E-state index < -0.39 is 0 Å². The smallest absolute Gasteiger partial charge is 0.241 e. The summed E-state index contributed by atoms with van der Waals surface area (Å²) in [6.07, 6.45) is 2.92. The van der Waals surface area contributed by atoms with Gasteiger partial charge in [0, 0.05) is 18.8 Å². The standard InChI is InChI=1S/C10H21N3O2S/c1-4-8(7-16-3)13(2)10(15)6-12-9(14)5-11/h8H,4-7,11H2,1-3H3,(H,12,14). The molecule has 94 valence electrons. The van der Waals surface area contributed by atoms with Gasteiger partial charge in [-0.1, -0.05) is 6.92 Å². The largest absolute Gasteiger partial charge is 0.346 e. The Hall–Kier alpha value is -0.750. The molecule has 0 radical (unpaired) electrons. The van der Waals surface area contributed by atoms with E-state index in [1.807, 2.05) is 13.2 Å². The van der Waals surface area contributed by atoms with Crippen molar-refractivity contribution >= 4 is 23.6 Å². The first-order valence-electron chi connectivity index (χ1n) is 5.28. The van der Waals surface area contributed by atoms with Crippen LogP contribution in [0.15, 0.2) is 0 Å². The van der Waals surface area contributed by atoms with E-state index in [2.05, 4.69) is 5.32 Å². The zero-order valence-corrected chi connectivity index (χ0v) is 11.0. The van der Waals surface area contributed by atoms with Crippen molar-refractivity contribution in [2.75, 3.05) is 32.1 Å². The highest BCUT2D eigenvalue weighted by Crippen LogP contribution is 2.08. The zero-order valence-electron chi connectivity index (χ0n) is 10.2. The highest BCUT2D eigenvalue weighted by molar-refractivity contribution is 7.98. The van der Waals surface area contributed by atoms with Crippen LogP contribution in [0.2, 0.25) is 0 Å². The summed E-state index contributed by atoms with van der Waals surface area (Å²) >= 11 is 1.71. The summed E-state index contributed by atoms with van der Waals surface area (Å²) in [5.41, 5.74) is 5.13. The van der Waals surface area contributed by atoms with E-state index in [1.165, 1.54) is 0 Å². The van der Waals surface area contributed by atoms with E-state index in [-0.39, 0.29) is 30.9 Å². The Balaban J connectivity index is 4.09. The summed E-state index contributed by atoms with van der Waals surface area (Å²) in [5.74, 6) is 0.520. The molecule has 16 heavy (non-hydrogen) atoms. The molecule has 0 fully saturated rings. The molecule has 1 atom stereocenters. The van der Waals surface area contributed by atoms with E-state index in [4.69, 9.17) is 5.73 Å². The molecule has 0 aliphatic rings. The minimum absolute atomic E-state index is 0.0252. The fourth-order valence-electron chi connectivity index (χ4n) is 1.27. The Labute approximate surface area is 101 Å². The maximum absolute atomic E-state index is 11.7. The maximum Gasteiger partial charge on any atom is 0.241 e. The molecule has 0 aliphatic carbocycles. The van der Waals surface area contributed by atoms with E-state index in [0.29, 0.717) is 0 Å². The fourth-order valence-corrected chi connectivity index (χ4v) is 2.11. The van der Waals surface area contributed by atoms with Crippen molar-refractivity contribution in [2.45, 2.75) is 19.4 Å². The highest BCUT2D eigenvalue weighted by Gasteiger charge is 2.17. The van der Waals surface area contributed by atoms with Crippen LogP contribution in [-0.2, 0) is 9.59 Å². The Morgan fingerprint density at radius 1 is 1.50 bits per heavy atom. The Morgan fingerprint density at radius 3 is 2.56 bits per heavy atom. The van der Waals surface area contributed by atoms with Crippen LogP contribution in [0.1, 0.15) is 13.3 Å². The molecule has 6 heteroatoms. The number of hydrogen-bond donors (Lipinski definition) is 2. The van der Waals surface area contributed by atoms with E-state index in [1.54, 1.807) is 23.7 Å². The number of rotatable bonds is 7. The second-order valence-electron chi connectivity index (χ2n) is 3.50. The lowest BCUT2D eigenvalue weighted by molar-refractivity contribution is -0.132. The van der Waals surface area contributed by atoms with Crippen LogP contribution in [0.5, 0.6) is 0 Å². The van der Waals surface area contributed by atoms with Gasteiger partial charge < -0.3 is 16.0 Å². The molecule has 0 aromatic carbocycles. The minimum Gasteiger partial charge on any atom is -0.346 e. The van der Waals surface area contributed by atoms with Crippen molar-refractivity contribution in [3.05, 3.63) is 0 Å². The molecule has 0 aromatic rings. The quantitative estimate of drug-likeness (QED) is 0.645. The third-order valence-corrected chi connectivity index (χ3v) is 3.11. The van der Waals surface area contributed by atoms with Crippen LogP contribution in [0.3, 0.4) is 0 Å². The summed E-state index contributed by atoms with van der Waals surface area (Å²) in [6, 6.07) is 0.220. The van der Waals surface area contributed by atoms with Gasteiger partial charge in [-0.3, -0.25) is 9.59 Å². The van der Waals surface area contributed by atoms with E-state index in [9.17, 15) is 9.59 Å². The predicted octanol–water partition coefficient (Wildman–Crippen LogP) is -0.339. The molecule has 0 aromatic heterocycles. The first kappa shape index (κ1) is 15.2. The van der Waals surface area contributed by atoms with Crippen LogP contribution in [-0.4, -0.2) is 54.9 Å². The molecule has 0 saturated heterocycles. The third kappa shape index (κ3) is 5.37. The van der Waals surface area contributed by atoms with Crippen molar-refractivity contribution in [1.82, 2.24) is 10.2 Å². The molecule has 0 rings (SSSR count). The molecule has 0 aliphatic heterocycles. The van der Waals surface area contributed by atoms with Gasteiger partial charge in [0.05, 0.1) is 13.1 Å². The minimum atomic E-state index is -0.306. The summed E-state index contributed by atoms with van der Waals surface area (Å²) in [7, 11) is 1.77. The lowest BCUT2D eigenvalue weighted by atomic mass is 10.2. The number of likely N-dealkylation sites (N-methyl/N-ethyl adjacent to an activating group) is 1. The van der Waals surface area contributed by atoms with Gasteiger partial charge in [-0.25, -0.2) is 0 Å². The summed E-state index contributed by atoms with van der Waals surface area (Å²) in [5, 5.41) is 2.47. The molecular weight excluding hydrogens is 226 g/mol. The molecule has 0 heterocycles. The first-order valence-corrected chi connectivity index (χ1v) is 6.67. The Kier molecular flexibility index (Phi) is 8.01. The lowest BCUT2D eigenvalue weighted by Gasteiger charge is -2.26. The number of nitrogens with one attached hydrogen (secondary N) is 1. The summed E-state index contributed by atoms with van der Waals surface area (Å²) in [4.78, 5) is 24.3. The second-order valence-corrected chi connectivity index (χ2v) is 4.41. The number of nitrogens with two attached hydrogens (primary N) is 1. The zero-order chi connectivity index (χ0) is 12.6. The van der Waals surface area contributed by atoms with Crippen molar-refractivity contribution in [3.8, 4) is 0 Å². The molecule has 0 spiro atoms. The van der Waals surface area contributed by atoms with Crippen LogP contribution < -0.4 is 11.1 Å². The van der Waals surface area contributed by atoms with Crippen molar-refractivity contribution in [2.24, 2.45) is 5.73 Å². The molecule has 5 nitrogen and oxygen atoms in total. The van der Waals surface area contributed by atoms with Gasteiger partial charge in [0.25, 0.3) is 0 Å². The summed E-state index contributed by atoms with van der Waals surface area (Å²) in [6.45, 7) is 1.99. The first-order chi connectivity index (χ1) is 7.56. The Morgan fingerprint density at radius 2 is 2.12 bits per heavy atom. The molecule has 2 amide bonds. The number of amides is 2. The van der Waals surface area contributed by atoms with Crippen LogP contribution in [0.25, 0.3) is 0 Å². The SMILES string of the molecule is CCC(CSC)N(C)C(=O)CNC(=O)CN. The van der Waals surface area contributed by atoms with Crippen LogP contribution in [0.4, 0.5) is 0 Å². The van der Waals surface area contributed by atoms with Gasteiger partial charge in [0.2, 0.25) is 11.8 Å². The number of thioether (sulfide) groups is 1. The maximum atomic E-state index is 11.7. The normalized spacial score (nSPS) is 12.0. The average Bonchev–Trinajstić information content (AvgIpc) is 2.31. The lowest BCUT2D eigenvalue weighted by Crippen LogP contribution is -2.45. The van der Waals surface area contributed by atoms with Gasteiger partial charge in [-0.2, -0.15) is 11.8 Å². The fraction of sp³-hybridized carbons (Fsp3) is 0.800. The number of hydrogen-bond acceptors (Lipinski definition) is 4. The van der Waals surface area contributed by atoms with Gasteiger partial charge in [0.1, 0.15) is 0 Å². The Bertz CT molecular complexity index is 236. The van der Waals surface area contributed by atoms with Crippen LogP contribution in [0, 0.1) is 0 Å². The summed E-state index contributed by atoms with van der Waals surface area (Å²) < 4.78 is 0. The van der Waals surface area contributed by atoms with Gasteiger partial charge in [0.15, 0.2) is 0 Å². The third-order valence-electron chi connectivity index (χ3n) is 2.39. The van der Waals surface area contributed by atoms with Crippen molar-refractivity contribution < 1.29 is 9.59 Å². The van der Waals surface area contributed by atoms with Gasteiger partial charge in [-0.15, -0.1) is 0 Å². The molecule has 0 bridgehead atoms. The van der Waals surface area contributed by atoms with Gasteiger partial charge >= 0.3 is 0 Å². The topological polar surface area (TPSA) is 75.4 Å². The highest BCUT2D eigenvalue weighted by atomic mass is 32.2. The van der Waals surface area contributed by atoms with Crippen molar-refractivity contribution in [3.63, 3.8) is 0 Å². The number of nitrogens with zero attached hydrogens (tertiary/aromatic N) is 1. The molecule has 3 N–H and O–H groups in total. The second kappa shape index (κ2) is 8.41. The van der Waals surface area contributed by atoms with E-state index >= 15 is 0 Å². The number of carbonyl (C=O) groups is 2. The number of carbonyl (C=O) groups excluding carboxylic acids is 2. The molecular formula is C10H21N3O2S. The predicted molar refractivity (Wildman–Crippen MR) is 67.3 cm³/mol. The average molecular weight is 247 g/mol. The molecule has 0 saturated carbocycles. The van der Waals surface area contributed by atoms with Crippen LogP contribution >= 0.6 is 11.8 Å². The van der Waals surface area contributed by atoms with Gasteiger partial charge in [-0.05, 0) is 12.7 Å². The monoisotopic (exact) mass is 247 g/mol. The van der Waals surface area contributed by atoms with Crippen molar-refractivity contribution in [1.29, 1.82) is 0 Å². The molecule has 1 unspecified atom stereocenters. The van der Waals surface area contributed by atoms with E-state index in [0.717, 1.165) is 12.2 Å².